The Balaban J connectivity index is 1.65. The van der Waals surface area contributed by atoms with Gasteiger partial charge in [0.1, 0.15) is 17.1 Å². The Morgan fingerprint density at radius 1 is 1.03 bits per heavy atom. The van der Waals surface area contributed by atoms with Gasteiger partial charge in [-0.15, -0.1) is 0 Å². The second kappa shape index (κ2) is 9.53. The minimum atomic E-state index is -0.288. The topological polar surface area (TPSA) is 78.9 Å². The summed E-state index contributed by atoms with van der Waals surface area (Å²) in [5.41, 5.74) is 1.73. The largest absolute Gasteiger partial charge is 0.496 e. The van der Waals surface area contributed by atoms with Crippen molar-refractivity contribution in [3.63, 3.8) is 0 Å². The van der Waals surface area contributed by atoms with Gasteiger partial charge >= 0.3 is 0 Å². The summed E-state index contributed by atoms with van der Waals surface area (Å²) in [6.45, 7) is 3.97. The van der Waals surface area contributed by atoms with Crippen LogP contribution in [0, 0.1) is 3.57 Å². The van der Waals surface area contributed by atoms with Crippen molar-refractivity contribution in [2.75, 3.05) is 7.11 Å². The fourth-order valence-corrected chi connectivity index (χ4v) is 4.45. The molecule has 0 unspecified atom stereocenters. The number of hydrogen-bond donors (Lipinski definition) is 0. The standard InChI is InChI=1S/C27H22IN3O4/c1-16(2)34-24-12-11-17(13-20(24)28)15-29-31-26(30-21-8-5-4-7-18(21)27(31)32)25-14-19-22(33-3)9-6-10-23(19)35-25/h4-16H,1-3H3. The van der Waals surface area contributed by atoms with Crippen LogP contribution in [0.15, 0.2) is 81.0 Å². The number of nitrogens with zero attached hydrogens (tertiary/aromatic N) is 3. The molecule has 35 heavy (non-hydrogen) atoms. The van der Waals surface area contributed by atoms with Gasteiger partial charge in [-0.1, -0.05) is 18.2 Å². The minimum absolute atomic E-state index is 0.0790. The van der Waals surface area contributed by atoms with E-state index in [0.29, 0.717) is 33.8 Å². The number of fused-ring (bicyclic) bond motifs is 2. The Hall–Kier alpha value is -3.66. The van der Waals surface area contributed by atoms with E-state index in [9.17, 15) is 4.79 Å². The molecule has 0 bridgehead atoms. The maximum absolute atomic E-state index is 13.4. The summed E-state index contributed by atoms with van der Waals surface area (Å²) >= 11 is 2.23. The fourth-order valence-electron chi connectivity index (χ4n) is 3.78. The van der Waals surface area contributed by atoms with E-state index >= 15 is 0 Å². The Bertz CT molecular complexity index is 1640. The van der Waals surface area contributed by atoms with Gasteiger partial charge in [0.05, 0.1) is 39.3 Å². The molecule has 2 aromatic heterocycles. The normalized spacial score (nSPS) is 11.7. The molecule has 0 aliphatic rings. The number of benzene rings is 3. The molecule has 0 aliphatic heterocycles. The van der Waals surface area contributed by atoms with Gasteiger partial charge in [0.25, 0.3) is 5.56 Å². The first-order chi connectivity index (χ1) is 16.9. The number of ether oxygens (including phenoxy) is 2. The highest BCUT2D eigenvalue weighted by Gasteiger charge is 2.18. The lowest BCUT2D eigenvalue weighted by Gasteiger charge is -2.11. The number of furan rings is 1. The molecule has 8 heteroatoms. The minimum Gasteiger partial charge on any atom is -0.496 e. The lowest BCUT2D eigenvalue weighted by molar-refractivity contribution is 0.240. The van der Waals surface area contributed by atoms with E-state index in [1.807, 2.05) is 62.4 Å². The molecule has 7 nitrogen and oxygen atoms in total. The first kappa shape index (κ1) is 23.1. The molecule has 0 fully saturated rings. The molecular formula is C27H22IN3O4. The van der Waals surface area contributed by atoms with Crippen molar-refractivity contribution in [2.45, 2.75) is 20.0 Å². The molecular weight excluding hydrogens is 557 g/mol. The van der Waals surface area contributed by atoms with Crippen LogP contribution in [0.4, 0.5) is 0 Å². The van der Waals surface area contributed by atoms with E-state index in [4.69, 9.17) is 18.9 Å². The van der Waals surface area contributed by atoms with Crippen molar-refractivity contribution in [1.29, 1.82) is 0 Å². The summed E-state index contributed by atoms with van der Waals surface area (Å²) in [6, 6.07) is 20.3. The maximum Gasteiger partial charge on any atom is 0.282 e. The van der Waals surface area contributed by atoms with Crippen LogP contribution in [0.3, 0.4) is 0 Å². The predicted molar refractivity (Wildman–Crippen MR) is 146 cm³/mol. The van der Waals surface area contributed by atoms with Gasteiger partial charge in [-0.2, -0.15) is 9.78 Å². The van der Waals surface area contributed by atoms with Crippen molar-refractivity contribution in [3.8, 4) is 23.1 Å². The third kappa shape index (κ3) is 4.53. The molecule has 0 saturated heterocycles. The summed E-state index contributed by atoms with van der Waals surface area (Å²) in [5, 5.41) is 5.79. The average molecular weight is 579 g/mol. The van der Waals surface area contributed by atoms with Crippen LogP contribution < -0.4 is 15.0 Å². The van der Waals surface area contributed by atoms with Crippen LogP contribution in [0.1, 0.15) is 19.4 Å². The molecule has 0 amide bonds. The van der Waals surface area contributed by atoms with Crippen LogP contribution >= 0.6 is 22.6 Å². The Morgan fingerprint density at radius 2 is 1.86 bits per heavy atom. The van der Waals surface area contributed by atoms with Crippen LogP contribution in [0.25, 0.3) is 33.5 Å². The SMILES string of the molecule is COc1cccc2oc(-c3nc4ccccc4c(=O)n3N=Cc3ccc(OC(C)C)c(I)c3)cc12. The first-order valence-corrected chi connectivity index (χ1v) is 12.1. The number of methoxy groups -OCH3 is 1. The number of aromatic nitrogens is 2. The maximum atomic E-state index is 13.4. The van der Waals surface area contributed by atoms with Crippen LogP contribution in [-0.4, -0.2) is 29.1 Å². The Kier molecular flexibility index (Phi) is 6.29. The fraction of sp³-hybridized carbons (Fsp3) is 0.148. The number of para-hydroxylation sites is 1. The van der Waals surface area contributed by atoms with E-state index in [0.717, 1.165) is 20.3 Å². The molecule has 0 spiro atoms. The van der Waals surface area contributed by atoms with Crippen molar-refractivity contribution in [1.82, 2.24) is 9.66 Å². The summed E-state index contributed by atoms with van der Waals surface area (Å²) in [5.74, 6) is 2.20. The Morgan fingerprint density at radius 3 is 2.63 bits per heavy atom. The molecule has 0 aliphatic carbocycles. The highest BCUT2D eigenvalue weighted by atomic mass is 127. The molecule has 176 valence electrons. The lowest BCUT2D eigenvalue weighted by atomic mass is 10.2. The van der Waals surface area contributed by atoms with Gasteiger partial charge in [0.2, 0.25) is 5.82 Å². The zero-order valence-electron chi connectivity index (χ0n) is 19.4. The van der Waals surface area contributed by atoms with Gasteiger partial charge < -0.3 is 13.9 Å². The van der Waals surface area contributed by atoms with Crippen LogP contribution in [-0.2, 0) is 0 Å². The monoisotopic (exact) mass is 579 g/mol. The first-order valence-electron chi connectivity index (χ1n) is 11.0. The summed E-state index contributed by atoms with van der Waals surface area (Å²) in [6.07, 6.45) is 1.71. The van der Waals surface area contributed by atoms with E-state index in [2.05, 4.69) is 27.7 Å². The van der Waals surface area contributed by atoms with Crippen molar-refractivity contribution in [3.05, 3.63) is 86.2 Å². The molecule has 2 heterocycles. The molecule has 3 aromatic carbocycles. The molecule has 0 atom stereocenters. The molecule has 0 radical (unpaired) electrons. The second-order valence-corrected chi connectivity index (χ2v) is 9.32. The zero-order valence-corrected chi connectivity index (χ0v) is 21.5. The van der Waals surface area contributed by atoms with Gasteiger partial charge in [-0.3, -0.25) is 4.79 Å². The van der Waals surface area contributed by atoms with Gasteiger partial charge in [0.15, 0.2) is 5.76 Å². The van der Waals surface area contributed by atoms with Crippen molar-refractivity contribution < 1.29 is 13.9 Å². The summed E-state index contributed by atoms with van der Waals surface area (Å²) in [7, 11) is 1.61. The summed E-state index contributed by atoms with van der Waals surface area (Å²) in [4.78, 5) is 18.2. The van der Waals surface area contributed by atoms with E-state index in [1.54, 1.807) is 31.5 Å². The second-order valence-electron chi connectivity index (χ2n) is 8.15. The number of hydrogen-bond acceptors (Lipinski definition) is 6. The molecule has 5 aromatic rings. The molecule has 0 saturated carbocycles. The third-order valence-electron chi connectivity index (χ3n) is 5.36. The van der Waals surface area contributed by atoms with Crippen molar-refractivity contribution >= 4 is 50.7 Å². The van der Waals surface area contributed by atoms with Gasteiger partial charge in [0, 0.05) is 0 Å². The van der Waals surface area contributed by atoms with Crippen molar-refractivity contribution in [2.24, 2.45) is 5.10 Å². The van der Waals surface area contributed by atoms with Gasteiger partial charge in [-0.25, -0.2) is 4.98 Å². The van der Waals surface area contributed by atoms with Crippen LogP contribution in [0.2, 0.25) is 0 Å². The Labute approximate surface area is 215 Å². The van der Waals surface area contributed by atoms with Gasteiger partial charge in [-0.05, 0) is 90.5 Å². The summed E-state index contributed by atoms with van der Waals surface area (Å²) < 4.78 is 19.6. The lowest BCUT2D eigenvalue weighted by Crippen LogP contribution is -2.20. The molecule has 5 rings (SSSR count). The van der Waals surface area contributed by atoms with E-state index in [-0.39, 0.29) is 11.7 Å². The highest BCUT2D eigenvalue weighted by molar-refractivity contribution is 14.1. The molecule has 0 N–H and O–H groups in total. The number of rotatable bonds is 6. The van der Waals surface area contributed by atoms with Crippen LogP contribution in [0.5, 0.6) is 11.5 Å². The van der Waals surface area contributed by atoms with E-state index in [1.165, 1.54) is 4.68 Å². The smallest absolute Gasteiger partial charge is 0.282 e. The van der Waals surface area contributed by atoms with E-state index < -0.39 is 0 Å². The quantitative estimate of drug-likeness (QED) is 0.180. The number of halogens is 1. The highest BCUT2D eigenvalue weighted by Crippen LogP contribution is 2.33. The average Bonchev–Trinajstić information content (AvgIpc) is 3.29. The third-order valence-corrected chi connectivity index (χ3v) is 6.20. The zero-order chi connectivity index (χ0) is 24.5. The predicted octanol–water partition coefficient (Wildman–Crippen LogP) is 6.09.